The maximum Gasteiger partial charge on any atom is 0.272 e. The molecule has 0 aliphatic carbocycles. The molecule has 1 aromatic rings. The summed E-state index contributed by atoms with van der Waals surface area (Å²) in [5.74, 6) is -0.438. The smallest absolute Gasteiger partial charge is 0.272 e. The minimum absolute atomic E-state index is 0.00934. The van der Waals surface area contributed by atoms with Crippen molar-refractivity contribution in [3.63, 3.8) is 0 Å². The molecule has 3 aliphatic rings. The highest BCUT2D eigenvalue weighted by Crippen LogP contribution is 2.32. The summed E-state index contributed by atoms with van der Waals surface area (Å²) in [5, 5.41) is 0. The highest BCUT2D eigenvalue weighted by atomic mass is 16.7. The zero-order chi connectivity index (χ0) is 18.0. The zero-order valence-electron chi connectivity index (χ0n) is 15.7. The predicted octanol–water partition coefficient (Wildman–Crippen LogP) is 2.83. The number of carbonyl (C=O) groups is 1. The number of nitrogens with zero attached hydrogens (tertiary/aromatic N) is 3. The fourth-order valence-electron chi connectivity index (χ4n) is 4.45. The molecule has 1 atom stereocenters. The van der Waals surface area contributed by atoms with Crippen molar-refractivity contribution in [1.29, 1.82) is 0 Å². The molecule has 0 radical (unpaired) electrons. The van der Waals surface area contributed by atoms with Crippen LogP contribution in [-0.2, 0) is 9.47 Å². The maximum absolute atomic E-state index is 12.8. The van der Waals surface area contributed by atoms with E-state index in [4.69, 9.17) is 9.47 Å². The van der Waals surface area contributed by atoms with Crippen LogP contribution in [0.2, 0.25) is 0 Å². The van der Waals surface area contributed by atoms with Gasteiger partial charge in [-0.15, -0.1) is 0 Å². The Morgan fingerprint density at radius 3 is 2.62 bits per heavy atom. The van der Waals surface area contributed by atoms with Gasteiger partial charge < -0.3 is 19.3 Å². The van der Waals surface area contributed by atoms with Gasteiger partial charge in [0, 0.05) is 38.5 Å². The summed E-state index contributed by atoms with van der Waals surface area (Å²) < 4.78 is 11.5. The van der Waals surface area contributed by atoms with Gasteiger partial charge in [0.25, 0.3) is 5.91 Å². The van der Waals surface area contributed by atoms with E-state index in [0.717, 1.165) is 31.5 Å². The lowest BCUT2D eigenvalue weighted by Gasteiger charge is -2.38. The Kier molecular flexibility index (Phi) is 5.14. The average Bonchev–Trinajstić information content (AvgIpc) is 3.16. The molecule has 1 unspecified atom stereocenters. The van der Waals surface area contributed by atoms with Gasteiger partial charge in [0.05, 0.1) is 25.1 Å². The molecular formula is C20H29N3O3. The lowest BCUT2D eigenvalue weighted by molar-refractivity contribution is -0.181. The highest BCUT2D eigenvalue weighted by Gasteiger charge is 2.41. The molecule has 4 rings (SSSR count). The molecular weight excluding hydrogens is 330 g/mol. The molecule has 6 heteroatoms. The number of hydrogen-bond donors (Lipinski definition) is 0. The number of piperidine rings is 2. The van der Waals surface area contributed by atoms with Crippen molar-refractivity contribution in [1.82, 2.24) is 9.88 Å². The number of pyridine rings is 1. The number of likely N-dealkylation sites (tertiary alicyclic amines) is 1. The number of anilines is 1. The van der Waals surface area contributed by atoms with E-state index in [1.54, 1.807) is 0 Å². The summed E-state index contributed by atoms with van der Waals surface area (Å²) in [7, 11) is 0. The van der Waals surface area contributed by atoms with Gasteiger partial charge in [-0.1, -0.05) is 6.92 Å². The molecule has 0 aromatic carbocycles. The van der Waals surface area contributed by atoms with Crippen LogP contribution < -0.4 is 4.90 Å². The predicted molar refractivity (Wildman–Crippen MR) is 99.3 cm³/mol. The molecule has 3 saturated heterocycles. The number of hydrogen-bond acceptors (Lipinski definition) is 5. The van der Waals surface area contributed by atoms with Crippen LogP contribution in [0.1, 0.15) is 55.9 Å². The van der Waals surface area contributed by atoms with Crippen LogP contribution in [0.15, 0.2) is 18.3 Å². The van der Waals surface area contributed by atoms with E-state index >= 15 is 0 Å². The van der Waals surface area contributed by atoms with Gasteiger partial charge >= 0.3 is 0 Å². The second-order valence-corrected chi connectivity index (χ2v) is 7.55. The second kappa shape index (κ2) is 7.53. The Morgan fingerprint density at radius 1 is 1.19 bits per heavy atom. The van der Waals surface area contributed by atoms with E-state index in [9.17, 15) is 4.79 Å². The Morgan fingerprint density at radius 2 is 1.96 bits per heavy atom. The van der Waals surface area contributed by atoms with Gasteiger partial charge in [-0.25, -0.2) is 4.98 Å². The van der Waals surface area contributed by atoms with Crippen LogP contribution in [0, 0.1) is 0 Å². The molecule has 142 valence electrons. The standard InChI is InChI=1S/C20H29N3O3/c1-2-16-5-3-4-10-23(16)17-6-7-18(21-15-17)19(24)22-11-8-20(9-12-22)25-13-14-26-20/h6-7,15-16H,2-5,8-14H2,1H3. The number of aromatic nitrogens is 1. The third-order valence-electron chi connectivity index (χ3n) is 6.02. The summed E-state index contributed by atoms with van der Waals surface area (Å²) in [5.41, 5.74) is 1.67. The van der Waals surface area contributed by atoms with E-state index in [1.807, 2.05) is 17.2 Å². The Balaban J connectivity index is 1.39. The van der Waals surface area contributed by atoms with Crippen molar-refractivity contribution in [2.24, 2.45) is 0 Å². The van der Waals surface area contributed by atoms with Crippen molar-refractivity contribution in [2.75, 3.05) is 37.7 Å². The first-order chi connectivity index (χ1) is 12.7. The summed E-state index contributed by atoms with van der Waals surface area (Å²) >= 11 is 0. The molecule has 0 N–H and O–H groups in total. The van der Waals surface area contributed by atoms with Crippen LogP contribution in [0.25, 0.3) is 0 Å². The Bertz CT molecular complexity index is 618. The van der Waals surface area contributed by atoms with Crippen molar-refractivity contribution in [2.45, 2.75) is 57.3 Å². The maximum atomic E-state index is 12.8. The normalized spacial score (nSPS) is 25.7. The summed E-state index contributed by atoms with van der Waals surface area (Å²) in [6.07, 6.45) is 8.29. The van der Waals surface area contributed by atoms with E-state index in [0.29, 0.717) is 38.0 Å². The lowest BCUT2D eigenvalue weighted by atomic mass is 9.99. The molecule has 4 heterocycles. The van der Waals surface area contributed by atoms with Gasteiger partial charge in [-0.05, 0) is 37.8 Å². The third-order valence-corrected chi connectivity index (χ3v) is 6.02. The summed E-state index contributed by atoms with van der Waals surface area (Å²) in [4.78, 5) is 21.6. The van der Waals surface area contributed by atoms with Crippen molar-refractivity contribution >= 4 is 11.6 Å². The van der Waals surface area contributed by atoms with Gasteiger partial charge in [0.1, 0.15) is 5.69 Å². The van der Waals surface area contributed by atoms with Crippen LogP contribution in [0.5, 0.6) is 0 Å². The molecule has 3 aliphatic heterocycles. The molecule has 3 fully saturated rings. The summed E-state index contributed by atoms with van der Waals surface area (Å²) in [6, 6.07) is 4.53. The van der Waals surface area contributed by atoms with Gasteiger partial charge in [-0.2, -0.15) is 0 Å². The van der Waals surface area contributed by atoms with E-state index < -0.39 is 5.79 Å². The Labute approximate surface area is 155 Å². The molecule has 1 amide bonds. The minimum Gasteiger partial charge on any atom is -0.367 e. The second-order valence-electron chi connectivity index (χ2n) is 7.55. The van der Waals surface area contributed by atoms with E-state index in [-0.39, 0.29) is 5.91 Å². The zero-order valence-corrected chi connectivity index (χ0v) is 15.7. The SMILES string of the molecule is CCC1CCCCN1c1ccc(C(=O)N2CCC3(CC2)OCCO3)nc1. The van der Waals surface area contributed by atoms with Crippen LogP contribution in [0.4, 0.5) is 5.69 Å². The minimum atomic E-state index is -0.447. The largest absolute Gasteiger partial charge is 0.367 e. The van der Waals surface area contributed by atoms with Crippen molar-refractivity contribution in [3.8, 4) is 0 Å². The molecule has 0 bridgehead atoms. The molecule has 0 saturated carbocycles. The highest BCUT2D eigenvalue weighted by molar-refractivity contribution is 5.92. The first-order valence-corrected chi connectivity index (χ1v) is 10.0. The topological polar surface area (TPSA) is 54.9 Å². The number of amides is 1. The van der Waals surface area contributed by atoms with Gasteiger partial charge in [0.15, 0.2) is 5.79 Å². The van der Waals surface area contributed by atoms with Crippen LogP contribution >= 0.6 is 0 Å². The van der Waals surface area contributed by atoms with Crippen LogP contribution in [0.3, 0.4) is 0 Å². The lowest BCUT2D eigenvalue weighted by Crippen LogP contribution is -2.47. The van der Waals surface area contributed by atoms with E-state index in [2.05, 4.69) is 22.9 Å². The fraction of sp³-hybridized carbons (Fsp3) is 0.700. The van der Waals surface area contributed by atoms with Gasteiger partial charge in [-0.3, -0.25) is 4.79 Å². The number of carbonyl (C=O) groups excluding carboxylic acids is 1. The summed E-state index contributed by atoms with van der Waals surface area (Å²) in [6.45, 7) is 5.97. The Hall–Kier alpha value is -1.66. The molecule has 1 aromatic heterocycles. The molecule has 1 spiro atoms. The fourth-order valence-corrected chi connectivity index (χ4v) is 4.45. The molecule has 26 heavy (non-hydrogen) atoms. The molecule has 6 nitrogen and oxygen atoms in total. The van der Waals surface area contributed by atoms with Gasteiger partial charge in [0.2, 0.25) is 0 Å². The van der Waals surface area contributed by atoms with E-state index in [1.165, 1.54) is 19.3 Å². The first-order valence-electron chi connectivity index (χ1n) is 10.0. The first kappa shape index (κ1) is 17.7. The quantitative estimate of drug-likeness (QED) is 0.831. The average molecular weight is 359 g/mol. The number of ether oxygens (including phenoxy) is 2. The third kappa shape index (κ3) is 3.45. The van der Waals surface area contributed by atoms with Crippen molar-refractivity contribution in [3.05, 3.63) is 24.0 Å². The monoisotopic (exact) mass is 359 g/mol. The number of rotatable bonds is 3. The van der Waals surface area contributed by atoms with Crippen LogP contribution in [-0.4, -0.2) is 60.5 Å². The van der Waals surface area contributed by atoms with Crippen molar-refractivity contribution < 1.29 is 14.3 Å².